The molecule has 0 aliphatic carbocycles. The van der Waals surface area contributed by atoms with Crippen molar-refractivity contribution in [2.75, 3.05) is 19.9 Å². The van der Waals surface area contributed by atoms with Crippen LogP contribution in [0.25, 0.3) is 0 Å². The summed E-state index contributed by atoms with van der Waals surface area (Å²) >= 11 is 1.66. The van der Waals surface area contributed by atoms with Crippen LogP contribution in [0.3, 0.4) is 0 Å². The van der Waals surface area contributed by atoms with E-state index in [9.17, 15) is 0 Å². The maximum Gasteiger partial charge on any atom is 0.187 e. The van der Waals surface area contributed by atoms with E-state index in [1.807, 2.05) is 32.2 Å². The van der Waals surface area contributed by atoms with Gasteiger partial charge in [0.1, 0.15) is 5.75 Å². The van der Waals surface area contributed by atoms with E-state index in [1.54, 1.807) is 25.1 Å². The van der Waals surface area contributed by atoms with Gasteiger partial charge in [0, 0.05) is 23.7 Å². The van der Waals surface area contributed by atoms with E-state index < -0.39 is 0 Å². The van der Waals surface area contributed by atoms with Crippen LogP contribution in [-0.2, 0) is 0 Å². The molecule has 5 heteroatoms. The predicted molar refractivity (Wildman–Crippen MR) is 82.3 cm³/mol. The largest absolute Gasteiger partial charge is 0.497 e. The Balaban J connectivity index is 2.01. The van der Waals surface area contributed by atoms with Crippen LogP contribution in [-0.4, -0.2) is 29.9 Å². The first-order valence-corrected chi connectivity index (χ1v) is 7.45. The minimum atomic E-state index is 0.259. The van der Waals surface area contributed by atoms with Gasteiger partial charge in [-0.2, -0.15) is 0 Å². The second-order valence-electron chi connectivity index (χ2n) is 4.41. The summed E-state index contributed by atoms with van der Waals surface area (Å²) in [6.07, 6.45) is 1.80. The van der Waals surface area contributed by atoms with Gasteiger partial charge in [0.2, 0.25) is 0 Å². The number of nitrogens with one attached hydrogen (secondary N) is 1. The summed E-state index contributed by atoms with van der Waals surface area (Å²) < 4.78 is 5.18. The molecule has 0 amide bonds. The summed E-state index contributed by atoms with van der Waals surface area (Å²) in [6, 6.07) is 10.3. The molecule has 1 N–H and O–H groups in total. The van der Waals surface area contributed by atoms with Crippen LogP contribution >= 0.6 is 11.8 Å². The molecular formula is C15H19N3OS. The maximum absolute atomic E-state index is 5.18. The number of benzene rings is 1. The summed E-state index contributed by atoms with van der Waals surface area (Å²) in [4.78, 5) is 8.68. The quantitative estimate of drug-likeness (QED) is 0.654. The highest BCUT2D eigenvalue weighted by Crippen LogP contribution is 2.23. The third kappa shape index (κ3) is 3.95. The first kappa shape index (κ1) is 14.8. The third-order valence-electron chi connectivity index (χ3n) is 3.02. The Morgan fingerprint density at radius 2 is 2.00 bits per heavy atom. The smallest absolute Gasteiger partial charge is 0.187 e. The summed E-state index contributed by atoms with van der Waals surface area (Å²) in [5.41, 5.74) is 2.22. The second kappa shape index (κ2) is 7.26. The normalized spacial score (nSPS) is 12.2. The maximum atomic E-state index is 5.18. The number of methoxy groups -OCH3 is 1. The molecule has 0 saturated heterocycles. The lowest BCUT2D eigenvalue weighted by atomic mass is 10.1. The summed E-state index contributed by atoms with van der Waals surface area (Å²) in [6.45, 7) is 1.98. The number of aryl methyl sites for hydroxylation is 1. The molecule has 0 fully saturated rings. The van der Waals surface area contributed by atoms with Crippen LogP contribution in [0.15, 0.2) is 41.7 Å². The van der Waals surface area contributed by atoms with Gasteiger partial charge in [0.25, 0.3) is 0 Å². The molecule has 0 aliphatic rings. The molecule has 0 bridgehead atoms. The fraction of sp³-hybridized carbons (Fsp3) is 0.333. The average Bonchev–Trinajstić information content (AvgIpc) is 2.48. The van der Waals surface area contributed by atoms with Crippen molar-refractivity contribution in [2.24, 2.45) is 0 Å². The van der Waals surface area contributed by atoms with Gasteiger partial charge in [-0.05, 0) is 37.7 Å². The molecule has 20 heavy (non-hydrogen) atoms. The van der Waals surface area contributed by atoms with Crippen molar-refractivity contribution in [1.82, 2.24) is 15.3 Å². The number of hydrogen-bond donors (Lipinski definition) is 1. The second-order valence-corrected chi connectivity index (χ2v) is 5.39. The van der Waals surface area contributed by atoms with Crippen LogP contribution in [0.5, 0.6) is 5.75 Å². The summed E-state index contributed by atoms with van der Waals surface area (Å²) in [5.74, 6) is 1.75. The van der Waals surface area contributed by atoms with Crippen molar-refractivity contribution in [1.29, 1.82) is 0 Å². The standard InChI is InChI=1S/C15H19N3OS/c1-11-8-9-17-15(18-11)20-10-14(16-2)12-4-6-13(19-3)7-5-12/h4-9,14,16H,10H2,1-3H3. The van der Waals surface area contributed by atoms with Crippen LogP contribution in [0, 0.1) is 6.92 Å². The Labute approximate surface area is 124 Å². The van der Waals surface area contributed by atoms with Gasteiger partial charge >= 0.3 is 0 Å². The van der Waals surface area contributed by atoms with Crippen LogP contribution in [0.1, 0.15) is 17.3 Å². The van der Waals surface area contributed by atoms with Crippen molar-refractivity contribution in [3.8, 4) is 5.75 Å². The first-order valence-electron chi connectivity index (χ1n) is 6.46. The molecule has 0 saturated carbocycles. The molecule has 0 aliphatic heterocycles. The molecule has 1 atom stereocenters. The van der Waals surface area contributed by atoms with E-state index in [4.69, 9.17) is 4.74 Å². The van der Waals surface area contributed by atoms with E-state index in [0.717, 1.165) is 22.4 Å². The molecular weight excluding hydrogens is 270 g/mol. The van der Waals surface area contributed by atoms with E-state index in [-0.39, 0.29) is 6.04 Å². The van der Waals surface area contributed by atoms with Gasteiger partial charge in [-0.15, -0.1) is 0 Å². The molecule has 2 rings (SSSR count). The summed E-state index contributed by atoms with van der Waals surface area (Å²) in [7, 11) is 3.64. The Hall–Kier alpha value is -1.59. The van der Waals surface area contributed by atoms with Gasteiger partial charge < -0.3 is 10.1 Å². The van der Waals surface area contributed by atoms with Crippen molar-refractivity contribution in [2.45, 2.75) is 18.1 Å². The van der Waals surface area contributed by atoms with E-state index in [2.05, 4.69) is 27.4 Å². The van der Waals surface area contributed by atoms with E-state index >= 15 is 0 Å². The topological polar surface area (TPSA) is 47.0 Å². The number of thioether (sulfide) groups is 1. The monoisotopic (exact) mass is 289 g/mol. The van der Waals surface area contributed by atoms with Gasteiger partial charge in [-0.1, -0.05) is 23.9 Å². The Kier molecular flexibility index (Phi) is 5.38. The van der Waals surface area contributed by atoms with E-state index in [1.165, 1.54) is 5.56 Å². The summed E-state index contributed by atoms with van der Waals surface area (Å²) in [5, 5.41) is 4.14. The third-order valence-corrected chi connectivity index (χ3v) is 3.97. The highest BCUT2D eigenvalue weighted by atomic mass is 32.2. The molecule has 0 spiro atoms. The first-order chi connectivity index (χ1) is 9.72. The number of ether oxygens (including phenoxy) is 1. The molecule has 4 nitrogen and oxygen atoms in total. The highest BCUT2D eigenvalue weighted by molar-refractivity contribution is 7.99. The van der Waals surface area contributed by atoms with Gasteiger partial charge in [0.15, 0.2) is 5.16 Å². The SMILES string of the molecule is CNC(CSc1nccc(C)n1)c1ccc(OC)cc1. The molecule has 1 heterocycles. The zero-order valence-electron chi connectivity index (χ0n) is 12.0. The number of nitrogens with zero attached hydrogens (tertiary/aromatic N) is 2. The molecule has 1 aromatic carbocycles. The van der Waals surface area contributed by atoms with Crippen molar-refractivity contribution < 1.29 is 4.74 Å². The highest BCUT2D eigenvalue weighted by Gasteiger charge is 2.11. The molecule has 1 unspecified atom stereocenters. The number of hydrogen-bond acceptors (Lipinski definition) is 5. The predicted octanol–water partition coefficient (Wildman–Crippen LogP) is 2.85. The van der Waals surface area contributed by atoms with Crippen LogP contribution in [0.2, 0.25) is 0 Å². The fourth-order valence-electron chi connectivity index (χ4n) is 1.84. The van der Waals surface area contributed by atoms with Gasteiger partial charge in [-0.3, -0.25) is 0 Å². The zero-order valence-corrected chi connectivity index (χ0v) is 12.8. The Bertz CT molecular complexity index is 545. The van der Waals surface area contributed by atoms with Crippen molar-refractivity contribution in [3.63, 3.8) is 0 Å². The lowest BCUT2D eigenvalue weighted by Gasteiger charge is -2.16. The zero-order chi connectivity index (χ0) is 14.4. The molecule has 1 aromatic heterocycles. The van der Waals surface area contributed by atoms with Crippen LogP contribution < -0.4 is 10.1 Å². The minimum Gasteiger partial charge on any atom is -0.497 e. The lowest BCUT2D eigenvalue weighted by molar-refractivity contribution is 0.414. The molecule has 0 radical (unpaired) electrons. The number of rotatable bonds is 6. The van der Waals surface area contributed by atoms with E-state index in [0.29, 0.717) is 0 Å². The van der Waals surface area contributed by atoms with Gasteiger partial charge in [-0.25, -0.2) is 9.97 Å². The number of aromatic nitrogens is 2. The molecule has 106 valence electrons. The Morgan fingerprint density at radius 3 is 2.60 bits per heavy atom. The van der Waals surface area contributed by atoms with Gasteiger partial charge in [0.05, 0.1) is 7.11 Å². The minimum absolute atomic E-state index is 0.259. The fourth-order valence-corrected chi connectivity index (χ4v) is 2.85. The molecule has 2 aromatic rings. The van der Waals surface area contributed by atoms with Crippen molar-refractivity contribution in [3.05, 3.63) is 47.8 Å². The van der Waals surface area contributed by atoms with Crippen molar-refractivity contribution >= 4 is 11.8 Å². The Morgan fingerprint density at radius 1 is 1.25 bits per heavy atom. The average molecular weight is 289 g/mol. The lowest BCUT2D eigenvalue weighted by Crippen LogP contribution is -2.18. The van der Waals surface area contributed by atoms with Crippen LogP contribution in [0.4, 0.5) is 0 Å².